The first-order valence-corrected chi connectivity index (χ1v) is 5.42. The van der Waals surface area contributed by atoms with Gasteiger partial charge in [-0.15, -0.1) is 0 Å². The van der Waals surface area contributed by atoms with Crippen molar-refractivity contribution in [2.24, 2.45) is 0 Å². The molecule has 1 aromatic carbocycles. The summed E-state index contributed by atoms with van der Waals surface area (Å²) in [4.78, 5) is 13.3. The molecule has 1 aromatic heterocycles. The number of anilines is 1. The molecule has 17 heavy (non-hydrogen) atoms. The Hall–Kier alpha value is -2.10. The number of hydrogen-bond acceptors (Lipinski definition) is 3. The molecule has 0 N–H and O–H groups in total. The molecule has 0 spiro atoms. The van der Waals surface area contributed by atoms with Crippen LogP contribution >= 0.6 is 0 Å². The number of aromatic nitrogens is 1. The van der Waals surface area contributed by atoms with Gasteiger partial charge in [0.15, 0.2) is 5.76 Å². The molecular weight excluding hydrogens is 216 g/mol. The summed E-state index contributed by atoms with van der Waals surface area (Å²) in [5.74, 6) is 0.622. The van der Waals surface area contributed by atoms with Gasteiger partial charge in [-0.2, -0.15) is 0 Å². The van der Waals surface area contributed by atoms with E-state index in [-0.39, 0.29) is 5.91 Å². The first kappa shape index (κ1) is 11.4. The summed E-state index contributed by atoms with van der Waals surface area (Å²) in [7, 11) is 0. The van der Waals surface area contributed by atoms with Crippen molar-refractivity contribution in [3.05, 3.63) is 47.9 Å². The van der Waals surface area contributed by atoms with Gasteiger partial charge in [-0.3, -0.25) is 4.79 Å². The predicted octanol–water partition coefficient (Wildman–Crippen LogP) is 2.54. The van der Waals surface area contributed by atoms with E-state index >= 15 is 0 Å². The molecular formula is C13H14N2O2. The Morgan fingerprint density at radius 3 is 2.59 bits per heavy atom. The van der Waals surface area contributed by atoms with Crippen LogP contribution in [-0.4, -0.2) is 11.1 Å². The molecule has 1 amide bonds. The maximum Gasteiger partial charge on any atom is 0.224 e. The quantitative estimate of drug-likeness (QED) is 0.814. The molecule has 2 aromatic rings. The van der Waals surface area contributed by atoms with Crippen molar-refractivity contribution in [3.63, 3.8) is 0 Å². The highest BCUT2D eigenvalue weighted by atomic mass is 16.5. The summed E-state index contributed by atoms with van der Waals surface area (Å²) in [5, 5.41) is 3.70. The van der Waals surface area contributed by atoms with E-state index in [0.717, 1.165) is 11.3 Å². The Morgan fingerprint density at radius 2 is 2.06 bits per heavy atom. The van der Waals surface area contributed by atoms with E-state index in [1.54, 1.807) is 18.0 Å². The molecule has 0 unspecified atom stereocenters. The lowest BCUT2D eigenvalue weighted by Gasteiger charge is -2.19. The van der Waals surface area contributed by atoms with E-state index in [2.05, 4.69) is 5.16 Å². The van der Waals surface area contributed by atoms with Crippen LogP contribution in [0.5, 0.6) is 0 Å². The molecule has 0 aliphatic carbocycles. The number of amides is 1. The van der Waals surface area contributed by atoms with Crippen molar-refractivity contribution in [2.45, 2.75) is 20.4 Å². The van der Waals surface area contributed by atoms with Gasteiger partial charge < -0.3 is 9.42 Å². The van der Waals surface area contributed by atoms with E-state index in [1.165, 1.54) is 6.92 Å². The lowest BCUT2D eigenvalue weighted by molar-refractivity contribution is -0.116. The summed E-state index contributed by atoms with van der Waals surface area (Å²) in [6.45, 7) is 3.86. The first-order chi connectivity index (χ1) is 8.18. The number of nitrogens with zero attached hydrogens (tertiary/aromatic N) is 2. The van der Waals surface area contributed by atoms with Gasteiger partial charge in [0.05, 0.1) is 12.7 Å². The van der Waals surface area contributed by atoms with Gasteiger partial charge in [0.25, 0.3) is 0 Å². The molecule has 0 radical (unpaired) electrons. The molecule has 0 aliphatic rings. The highest BCUT2D eigenvalue weighted by Crippen LogP contribution is 2.21. The minimum absolute atomic E-state index is 0.0276. The molecule has 0 saturated carbocycles. The Balaban J connectivity index is 2.26. The normalized spacial score (nSPS) is 10.2. The van der Waals surface area contributed by atoms with Gasteiger partial charge in [-0.1, -0.05) is 35.5 Å². The summed E-state index contributed by atoms with van der Waals surface area (Å²) in [6, 6.07) is 9.83. The summed E-state index contributed by atoms with van der Waals surface area (Å²) in [5.41, 5.74) is 1.80. The van der Waals surface area contributed by atoms with Gasteiger partial charge in [0, 0.05) is 6.92 Å². The van der Waals surface area contributed by atoms with Crippen molar-refractivity contribution in [1.29, 1.82) is 0 Å². The third-order valence-electron chi connectivity index (χ3n) is 2.58. The Kier molecular flexibility index (Phi) is 3.23. The molecule has 4 nitrogen and oxygen atoms in total. The molecule has 0 aliphatic heterocycles. The fourth-order valence-electron chi connectivity index (χ4n) is 1.68. The second-order valence-corrected chi connectivity index (χ2v) is 3.86. The Labute approximate surface area is 99.8 Å². The summed E-state index contributed by atoms with van der Waals surface area (Å²) >= 11 is 0. The van der Waals surface area contributed by atoms with E-state index in [4.69, 9.17) is 4.52 Å². The average Bonchev–Trinajstić information content (AvgIpc) is 2.73. The molecule has 4 heteroatoms. The maximum absolute atomic E-state index is 11.7. The van der Waals surface area contributed by atoms with E-state index in [1.807, 2.05) is 30.3 Å². The van der Waals surface area contributed by atoms with Gasteiger partial charge in [0.1, 0.15) is 5.69 Å². The van der Waals surface area contributed by atoms with Crippen molar-refractivity contribution < 1.29 is 9.32 Å². The maximum atomic E-state index is 11.7. The zero-order valence-corrected chi connectivity index (χ0v) is 9.88. The van der Waals surface area contributed by atoms with Crippen LogP contribution in [0.4, 0.5) is 5.69 Å². The lowest BCUT2D eigenvalue weighted by atomic mass is 10.2. The Morgan fingerprint density at radius 1 is 1.35 bits per heavy atom. The average molecular weight is 230 g/mol. The molecule has 0 saturated heterocycles. The number of benzene rings is 1. The smallest absolute Gasteiger partial charge is 0.224 e. The Bertz CT molecular complexity index is 505. The monoisotopic (exact) mass is 230 g/mol. The molecule has 0 atom stereocenters. The largest absolute Gasteiger partial charge is 0.359 e. The molecule has 88 valence electrons. The first-order valence-electron chi connectivity index (χ1n) is 5.42. The zero-order valence-electron chi connectivity index (χ0n) is 9.88. The number of aryl methyl sites for hydroxylation is 1. The predicted molar refractivity (Wildman–Crippen MR) is 64.5 cm³/mol. The lowest BCUT2D eigenvalue weighted by Crippen LogP contribution is -2.27. The standard InChI is InChI=1S/C13H14N2O2/c1-10-13(8-14-17-10)15(11(2)16)9-12-6-4-3-5-7-12/h3-8H,9H2,1-2H3. The number of carbonyl (C=O) groups is 1. The zero-order chi connectivity index (χ0) is 12.3. The van der Waals surface area contributed by atoms with E-state index < -0.39 is 0 Å². The number of carbonyl (C=O) groups excluding carboxylic acids is 1. The van der Waals surface area contributed by atoms with Gasteiger partial charge in [0.2, 0.25) is 5.91 Å². The fraction of sp³-hybridized carbons (Fsp3) is 0.231. The summed E-state index contributed by atoms with van der Waals surface area (Å²) in [6.07, 6.45) is 1.57. The minimum Gasteiger partial charge on any atom is -0.359 e. The van der Waals surface area contributed by atoms with Crippen LogP contribution in [0, 0.1) is 6.92 Å². The highest BCUT2D eigenvalue weighted by Gasteiger charge is 2.16. The van der Waals surface area contributed by atoms with Crippen LogP contribution in [0.2, 0.25) is 0 Å². The third-order valence-corrected chi connectivity index (χ3v) is 2.58. The third kappa shape index (κ3) is 2.53. The summed E-state index contributed by atoms with van der Waals surface area (Å²) < 4.78 is 4.99. The second kappa shape index (κ2) is 4.82. The second-order valence-electron chi connectivity index (χ2n) is 3.86. The van der Waals surface area contributed by atoms with E-state index in [0.29, 0.717) is 12.3 Å². The van der Waals surface area contributed by atoms with Crippen molar-refractivity contribution >= 4 is 11.6 Å². The van der Waals surface area contributed by atoms with Crippen LogP contribution in [0.25, 0.3) is 0 Å². The van der Waals surface area contributed by atoms with Gasteiger partial charge in [-0.05, 0) is 12.5 Å². The van der Waals surface area contributed by atoms with Crippen molar-refractivity contribution in [2.75, 3.05) is 4.90 Å². The van der Waals surface area contributed by atoms with Crippen molar-refractivity contribution in [1.82, 2.24) is 5.16 Å². The van der Waals surface area contributed by atoms with Crippen LogP contribution < -0.4 is 4.90 Å². The van der Waals surface area contributed by atoms with E-state index in [9.17, 15) is 4.79 Å². The molecule has 0 bridgehead atoms. The molecule has 0 fully saturated rings. The van der Waals surface area contributed by atoms with Gasteiger partial charge in [-0.25, -0.2) is 0 Å². The molecule has 2 rings (SSSR count). The topological polar surface area (TPSA) is 46.3 Å². The number of rotatable bonds is 3. The number of hydrogen-bond donors (Lipinski definition) is 0. The SMILES string of the molecule is CC(=O)N(Cc1ccccc1)c1cnoc1C. The van der Waals surface area contributed by atoms with Crippen molar-refractivity contribution in [3.8, 4) is 0 Å². The van der Waals surface area contributed by atoms with Gasteiger partial charge >= 0.3 is 0 Å². The fourth-order valence-corrected chi connectivity index (χ4v) is 1.68. The van der Waals surface area contributed by atoms with Crippen LogP contribution in [0.3, 0.4) is 0 Å². The molecule has 1 heterocycles. The van der Waals surface area contributed by atoms with Crippen LogP contribution in [-0.2, 0) is 11.3 Å². The minimum atomic E-state index is -0.0276. The highest BCUT2D eigenvalue weighted by molar-refractivity contribution is 5.91. The van der Waals surface area contributed by atoms with Crippen LogP contribution in [0.15, 0.2) is 41.1 Å². The van der Waals surface area contributed by atoms with Crippen LogP contribution in [0.1, 0.15) is 18.2 Å².